The van der Waals surface area contributed by atoms with Crippen LogP contribution in [0, 0.1) is 6.92 Å². The predicted molar refractivity (Wildman–Crippen MR) is 102 cm³/mol. The zero-order chi connectivity index (χ0) is 18.4. The molecule has 4 heterocycles. The van der Waals surface area contributed by atoms with Crippen molar-refractivity contribution in [3.63, 3.8) is 0 Å². The molecule has 1 atom stereocenters. The van der Waals surface area contributed by atoms with E-state index in [2.05, 4.69) is 20.3 Å². The molecule has 2 N–H and O–H groups in total. The average Bonchev–Trinajstić information content (AvgIpc) is 3.38. The maximum Gasteiger partial charge on any atom is 0.255 e. The van der Waals surface area contributed by atoms with Gasteiger partial charge in [-0.2, -0.15) is 0 Å². The topological polar surface area (TPSA) is 84.3 Å². The average molecular weight is 361 g/mol. The number of imidazole rings is 2. The number of rotatable bonds is 3. The van der Waals surface area contributed by atoms with Crippen LogP contribution in [0.4, 0.5) is 5.69 Å². The van der Waals surface area contributed by atoms with E-state index >= 15 is 0 Å². The van der Waals surface area contributed by atoms with E-state index in [4.69, 9.17) is 4.74 Å². The highest BCUT2D eigenvalue weighted by atomic mass is 16.5. The Morgan fingerprint density at radius 1 is 1.30 bits per heavy atom. The lowest BCUT2D eigenvalue weighted by Crippen LogP contribution is -2.12. The Labute approximate surface area is 155 Å². The van der Waals surface area contributed by atoms with Gasteiger partial charge in [0.15, 0.2) is 0 Å². The molecule has 1 unspecified atom stereocenters. The zero-order valence-corrected chi connectivity index (χ0v) is 14.9. The summed E-state index contributed by atoms with van der Waals surface area (Å²) in [5.74, 6) is 0.683. The second-order valence-electron chi connectivity index (χ2n) is 6.87. The standard InChI is InChI=1S/C20H19N5O2/c1-12-11-25-7-6-13(9-18(25)21-12)20(26)22-14-4-5-15-16(10-14)24-19(23-15)17-3-2-8-27-17/h4-7,9-11,17H,2-3,8H2,1H3,(H,22,26)(H,23,24). The molecule has 136 valence electrons. The van der Waals surface area contributed by atoms with Crippen LogP contribution in [0.15, 0.2) is 42.7 Å². The van der Waals surface area contributed by atoms with Crippen molar-refractivity contribution < 1.29 is 9.53 Å². The summed E-state index contributed by atoms with van der Waals surface area (Å²) in [7, 11) is 0. The van der Waals surface area contributed by atoms with Gasteiger partial charge in [-0.1, -0.05) is 0 Å². The molecule has 1 amide bonds. The normalized spacial score (nSPS) is 17.0. The van der Waals surface area contributed by atoms with Crippen molar-refractivity contribution >= 4 is 28.3 Å². The summed E-state index contributed by atoms with van der Waals surface area (Å²) in [5, 5.41) is 2.95. The fraction of sp³-hybridized carbons (Fsp3) is 0.250. The van der Waals surface area contributed by atoms with E-state index in [9.17, 15) is 4.79 Å². The van der Waals surface area contributed by atoms with Gasteiger partial charge < -0.3 is 19.4 Å². The molecule has 1 aliphatic rings. The van der Waals surface area contributed by atoms with Crippen LogP contribution >= 0.6 is 0 Å². The third-order valence-electron chi connectivity index (χ3n) is 4.84. The van der Waals surface area contributed by atoms with Gasteiger partial charge in [0, 0.05) is 30.3 Å². The van der Waals surface area contributed by atoms with Crippen LogP contribution < -0.4 is 5.32 Å². The van der Waals surface area contributed by atoms with Gasteiger partial charge in [-0.05, 0) is 50.1 Å². The van der Waals surface area contributed by atoms with Crippen LogP contribution in [0.25, 0.3) is 16.7 Å². The van der Waals surface area contributed by atoms with Crippen LogP contribution in [-0.4, -0.2) is 31.9 Å². The van der Waals surface area contributed by atoms with Crippen LogP contribution in [0.1, 0.15) is 40.8 Å². The molecule has 7 heteroatoms. The first-order valence-electron chi connectivity index (χ1n) is 9.04. The number of benzene rings is 1. The molecule has 5 rings (SSSR count). The van der Waals surface area contributed by atoms with Gasteiger partial charge in [0.1, 0.15) is 17.6 Å². The summed E-state index contributed by atoms with van der Waals surface area (Å²) in [6.45, 7) is 2.71. The van der Waals surface area contributed by atoms with Crippen molar-refractivity contribution in [3.8, 4) is 0 Å². The molecule has 0 spiro atoms. The maximum absolute atomic E-state index is 12.6. The summed E-state index contributed by atoms with van der Waals surface area (Å²) in [4.78, 5) is 24.9. The Morgan fingerprint density at radius 3 is 3.07 bits per heavy atom. The zero-order valence-electron chi connectivity index (χ0n) is 14.9. The molecule has 0 saturated carbocycles. The fourth-order valence-electron chi connectivity index (χ4n) is 3.51. The molecule has 1 fully saturated rings. The lowest BCUT2D eigenvalue weighted by molar-refractivity contribution is 0.102. The lowest BCUT2D eigenvalue weighted by Gasteiger charge is -2.05. The molecular formula is C20H19N5O2. The monoisotopic (exact) mass is 361 g/mol. The van der Waals surface area contributed by atoms with Crippen LogP contribution in [0.2, 0.25) is 0 Å². The molecule has 0 bridgehead atoms. The highest BCUT2D eigenvalue weighted by molar-refractivity contribution is 6.05. The number of aryl methyl sites for hydroxylation is 1. The van der Waals surface area contributed by atoms with Gasteiger partial charge in [0.2, 0.25) is 0 Å². The van der Waals surface area contributed by atoms with E-state index in [1.165, 1.54) is 0 Å². The van der Waals surface area contributed by atoms with Gasteiger partial charge in [0.05, 0.1) is 16.7 Å². The molecule has 0 aliphatic carbocycles. The Hall–Kier alpha value is -3.19. The quantitative estimate of drug-likeness (QED) is 0.584. The van der Waals surface area contributed by atoms with Crippen molar-refractivity contribution in [3.05, 3.63) is 59.8 Å². The van der Waals surface area contributed by atoms with Crippen LogP contribution in [-0.2, 0) is 4.74 Å². The van der Waals surface area contributed by atoms with Gasteiger partial charge in [-0.3, -0.25) is 4.79 Å². The molecule has 4 aromatic rings. The number of amides is 1. The Balaban J connectivity index is 1.39. The van der Waals surface area contributed by atoms with E-state index in [0.29, 0.717) is 5.56 Å². The minimum Gasteiger partial charge on any atom is -0.370 e. The van der Waals surface area contributed by atoms with Gasteiger partial charge in [0.25, 0.3) is 5.91 Å². The fourth-order valence-corrected chi connectivity index (χ4v) is 3.51. The number of H-pyrrole nitrogens is 1. The number of aromatic amines is 1. The summed E-state index contributed by atoms with van der Waals surface area (Å²) >= 11 is 0. The Kier molecular flexibility index (Phi) is 3.68. The van der Waals surface area contributed by atoms with E-state index < -0.39 is 0 Å². The molecule has 27 heavy (non-hydrogen) atoms. The third kappa shape index (κ3) is 2.96. The molecule has 0 radical (unpaired) electrons. The molecule has 1 aromatic carbocycles. The van der Waals surface area contributed by atoms with E-state index in [-0.39, 0.29) is 12.0 Å². The first-order chi connectivity index (χ1) is 13.2. The van der Waals surface area contributed by atoms with E-state index in [1.807, 2.05) is 41.9 Å². The van der Waals surface area contributed by atoms with E-state index in [1.54, 1.807) is 12.1 Å². The number of pyridine rings is 1. The predicted octanol–water partition coefficient (Wildman–Crippen LogP) is 3.62. The molecule has 7 nitrogen and oxygen atoms in total. The SMILES string of the molecule is Cc1cn2ccc(C(=O)Nc3ccc4nc(C5CCCO5)[nH]c4c3)cc2n1. The van der Waals surface area contributed by atoms with Crippen molar-refractivity contribution in [2.24, 2.45) is 0 Å². The van der Waals surface area contributed by atoms with Crippen molar-refractivity contribution in [2.45, 2.75) is 25.9 Å². The number of ether oxygens (including phenoxy) is 1. The molecule has 1 aliphatic heterocycles. The largest absolute Gasteiger partial charge is 0.370 e. The number of carbonyl (C=O) groups excluding carboxylic acids is 1. The molecular weight excluding hydrogens is 342 g/mol. The third-order valence-corrected chi connectivity index (χ3v) is 4.84. The van der Waals surface area contributed by atoms with Gasteiger partial charge in [-0.25, -0.2) is 9.97 Å². The minimum atomic E-state index is -0.170. The molecule has 1 saturated heterocycles. The Morgan fingerprint density at radius 2 is 2.22 bits per heavy atom. The maximum atomic E-state index is 12.6. The summed E-state index contributed by atoms with van der Waals surface area (Å²) in [6, 6.07) is 9.23. The number of hydrogen-bond donors (Lipinski definition) is 2. The van der Waals surface area contributed by atoms with Gasteiger partial charge >= 0.3 is 0 Å². The highest BCUT2D eigenvalue weighted by Crippen LogP contribution is 2.28. The second kappa shape index (κ2) is 6.21. The summed E-state index contributed by atoms with van der Waals surface area (Å²) in [6.07, 6.45) is 5.85. The number of hydrogen-bond acceptors (Lipinski definition) is 4. The number of fused-ring (bicyclic) bond motifs is 2. The number of aromatic nitrogens is 4. The van der Waals surface area contributed by atoms with Crippen molar-refractivity contribution in [2.75, 3.05) is 11.9 Å². The van der Waals surface area contributed by atoms with Crippen molar-refractivity contribution in [1.29, 1.82) is 0 Å². The van der Waals surface area contributed by atoms with Gasteiger partial charge in [-0.15, -0.1) is 0 Å². The molecule has 3 aromatic heterocycles. The smallest absolute Gasteiger partial charge is 0.255 e. The highest BCUT2D eigenvalue weighted by Gasteiger charge is 2.21. The van der Waals surface area contributed by atoms with Crippen LogP contribution in [0.3, 0.4) is 0 Å². The van der Waals surface area contributed by atoms with Crippen LogP contribution in [0.5, 0.6) is 0 Å². The Bertz CT molecular complexity index is 1150. The minimum absolute atomic E-state index is 0.0418. The van der Waals surface area contributed by atoms with Crippen molar-refractivity contribution in [1.82, 2.24) is 19.4 Å². The number of nitrogens with zero attached hydrogens (tertiary/aromatic N) is 3. The summed E-state index contributed by atoms with van der Waals surface area (Å²) < 4.78 is 7.58. The summed E-state index contributed by atoms with van der Waals surface area (Å²) in [5.41, 5.74) is 4.71. The van der Waals surface area contributed by atoms with E-state index in [0.717, 1.165) is 53.3 Å². The number of anilines is 1. The first kappa shape index (κ1) is 16.0. The second-order valence-corrected chi connectivity index (χ2v) is 6.87. The first-order valence-corrected chi connectivity index (χ1v) is 9.04. The lowest BCUT2D eigenvalue weighted by atomic mass is 10.2. The number of carbonyl (C=O) groups is 1. The number of nitrogens with one attached hydrogen (secondary N) is 2.